The van der Waals surface area contributed by atoms with Gasteiger partial charge < -0.3 is 15.8 Å². The summed E-state index contributed by atoms with van der Waals surface area (Å²) in [4.78, 5) is 11.6. The summed E-state index contributed by atoms with van der Waals surface area (Å²) < 4.78 is 18.4. The van der Waals surface area contributed by atoms with Gasteiger partial charge in [-0.15, -0.1) is 0 Å². The predicted molar refractivity (Wildman–Crippen MR) is 64.4 cm³/mol. The Morgan fingerprint density at radius 3 is 2.82 bits per heavy atom. The van der Waals surface area contributed by atoms with E-state index < -0.39 is 5.82 Å². The maximum absolute atomic E-state index is 13.4. The first-order chi connectivity index (χ1) is 8.06. The summed E-state index contributed by atoms with van der Waals surface area (Å²) in [5, 5.41) is 2.62. The molecular weight excluding hydrogens is 223 g/mol. The minimum atomic E-state index is -0.472. The van der Waals surface area contributed by atoms with Gasteiger partial charge in [0.05, 0.1) is 6.61 Å². The number of carbonyl (C=O) groups excluding carboxylic acids is 1. The van der Waals surface area contributed by atoms with E-state index in [2.05, 4.69) is 5.32 Å². The van der Waals surface area contributed by atoms with Crippen LogP contribution in [0.25, 0.3) is 0 Å². The molecule has 0 radical (unpaired) electrons. The molecule has 94 valence electrons. The highest BCUT2D eigenvalue weighted by molar-refractivity contribution is 5.95. The fourth-order valence-corrected chi connectivity index (χ4v) is 1.31. The maximum Gasteiger partial charge on any atom is 0.251 e. The van der Waals surface area contributed by atoms with Crippen molar-refractivity contribution in [2.24, 2.45) is 0 Å². The van der Waals surface area contributed by atoms with Crippen molar-refractivity contribution < 1.29 is 13.9 Å². The van der Waals surface area contributed by atoms with Gasteiger partial charge in [0.1, 0.15) is 5.82 Å². The molecule has 1 amide bonds. The second-order valence-corrected chi connectivity index (χ2v) is 3.63. The number of hydrogen-bond acceptors (Lipinski definition) is 3. The summed E-state index contributed by atoms with van der Waals surface area (Å²) in [6, 6.07) is 2.65. The minimum Gasteiger partial charge on any atom is -0.398 e. The molecule has 1 rings (SSSR count). The lowest BCUT2D eigenvalue weighted by atomic mass is 10.1. The van der Waals surface area contributed by atoms with Crippen LogP contribution in [0.1, 0.15) is 22.8 Å². The zero-order chi connectivity index (χ0) is 12.8. The van der Waals surface area contributed by atoms with Crippen LogP contribution in [0.3, 0.4) is 0 Å². The van der Waals surface area contributed by atoms with Crippen molar-refractivity contribution in [1.29, 1.82) is 0 Å². The topological polar surface area (TPSA) is 64.3 Å². The van der Waals surface area contributed by atoms with Gasteiger partial charge >= 0.3 is 0 Å². The molecular formula is C12H17FN2O2. The van der Waals surface area contributed by atoms with Gasteiger partial charge in [-0.2, -0.15) is 0 Å². The normalized spacial score (nSPS) is 10.3. The number of rotatable bonds is 5. The number of ether oxygens (including phenoxy) is 1. The molecule has 0 unspecified atom stereocenters. The Morgan fingerprint density at radius 1 is 1.53 bits per heavy atom. The number of carbonyl (C=O) groups is 1. The number of amides is 1. The molecule has 0 aliphatic heterocycles. The van der Waals surface area contributed by atoms with Crippen LogP contribution >= 0.6 is 0 Å². The van der Waals surface area contributed by atoms with Crippen molar-refractivity contribution in [2.45, 2.75) is 13.8 Å². The number of anilines is 1. The molecule has 3 N–H and O–H groups in total. The van der Waals surface area contributed by atoms with Crippen molar-refractivity contribution in [3.8, 4) is 0 Å². The standard InChI is InChI=1S/C12H17FN2O2/c1-3-17-5-4-15-12(16)9-6-10(13)8(2)11(14)7-9/h6-7H,3-5,14H2,1-2H3,(H,15,16). The Bertz CT molecular complexity index is 384. The number of nitrogens with two attached hydrogens (primary N) is 1. The Labute approximate surface area is 100.0 Å². The third-order valence-corrected chi connectivity index (χ3v) is 2.38. The highest BCUT2D eigenvalue weighted by Gasteiger charge is 2.10. The molecule has 0 bridgehead atoms. The third kappa shape index (κ3) is 3.71. The van der Waals surface area contributed by atoms with E-state index in [1.807, 2.05) is 6.92 Å². The maximum atomic E-state index is 13.4. The van der Waals surface area contributed by atoms with Crippen LogP contribution in [0.4, 0.5) is 10.1 Å². The molecule has 1 aromatic carbocycles. The van der Waals surface area contributed by atoms with Crippen LogP contribution in [0, 0.1) is 12.7 Å². The van der Waals surface area contributed by atoms with Crippen LogP contribution in [0.5, 0.6) is 0 Å². The molecule has 0 saturated heterocycles. The molecule has 0 heterocycles. The fourth-order valence-electron chi connectivity index (χ4n) is 1.31. The Morgan fingerprint density at radius 2 is 2.24 bits per heavy atom. The predicted octanol–water partition coefficient (Wildman–Crippen LogP) is 1.48. The van der Waals surface area contributed by atoms with E-state index in [1.165, 1.54) is 12.1 Å². The van der Waals surface area contributed by atoms with E-state index in [4.69, 9.17) is 10.5 Å². The lowest BCUT2D eigenvalue weighted by Crippen LogP contribution is -2.27. The van der Waals surface area contributed by atoms with Gasteiger partial charge in [0.25, 0.3) is 5.91 Å². The highest BCUT2D eigenvalue weighted by atomic mass is 19.1. The smallest absolute Gasteiger partial charge is 0.251 e. The van der Waals surface area contributed by atoms with E-state index in [-0.39, 0.29) is 17.2 Å². The van der Waals surface area contributed by atoms with Gasteiger partial charge in [-0.3, -0.25) is 4.79 Å². The van der Waals surface area contributed by atoms with Gasteiger partial charge in [-0.05, 0) is 26.0 Å². The van der Waals surface area contributed by atoms with Gasteiger partial charge in [0.15, 0.2) is 0 Å². The molecule has 0 fully saturated rings. The molecule has 0 spiro atoms. The van der Waals surface area contributed by atoms with Crippen molar-refractivity contribution in [3.63, 3.8) is 0 Å². The SMILES string of the molecule is CCOCCNC(=O)c1cc(N)c(C)c(F)c1. The number of nitrogens with one attached hydrogen (secondary N) is 1. The lowest BCUT2D eigenvalue weighted by Gasteiger charge is -2.08. The van der Waals surface area contributed by atoms with Crippen molar-refractivity contribution in [2.75, 3.05) is 25.5 Å². The van der Waals surface area contributed by atoms with Crippen molar-refractivity contribution in [3.05, 3.63) is 29.1 Å². The van der Waals surface area contributed by atoms with E-state index in [0.717, 1.165) is 0 Å². The number of halogens is 1. The van der Waals surface area contributed by atoms with Crippen LogP contribution in [-0.4, -0.2) is 25.7 Å². The average molecular weight is 240 g/mol. The molecule has 17 heavy (non-hydrogen) atoms. The third-order valence-electron chi connectivity index (χ3n) is 2.38. The van der Waals surface area contributed by atoms with E-state index in [0.29, 0.717) is 25.3 Å². The van der Waals surface area contributed by atoms with E-state index in [1.54, 1.807) is 6.92 Å². The first-order valence-corrected chi connectivity index (χ1v) is 5.47. The number of hydrogen-bond donors (Lipinski definition) is 2. The Kier molecular flexibility index (Phi) is 4.90. The number of benzene rings is 1. The quantitative estimate of drug-likeness (QED) is 0.605. The van der Waals surface area contributed by atoms with Crippen LogP contribution in [-0.2, 0) is 4.74 Å². The van der Waals surface area contributed by atoms with Gasteiger partial charge in [-0.1, -0.05) is 0 Å². The molecule has 0 aliphatic carbocycles. The lowest BCUT2D eigenvalue weighted by molar-refractivity contribution is 0.0922. The van der Waals surface area contributed by atoms with Crippen LogP contribution < -0.4 is 11.1 Å². The second kappa shape index (κ2) is 6.20. The monoisotopic (exact) mass is 240 g/mol. The van der Waals surface area contributed by atoms with Crippen molar-refractivity contribution >= 4 is 11.6 Å². The summed E-state index contributed by atoms with van der Waals surface area (Å²) in [6.45, 7) is 4.87. The molecule has 4 nitrogen and oxygen atoms in total. The average Bonchev–Trinajstić information content (AvgIpc) is 2.30. The zero-order valence-electron chi connectivity index (χ0n) is 10.0. The van der Waals surface area contributed by atoms with Crippen LogP contribution in [0.15, 0.2) is 12.1 Å². The summed E-state index contributed by atoms with van der Waals surface area (Å²) in [7, 11) is 0. The van der Waals surface area contributed by atoms with Gasteiger partial charge in [0.2, 0.25) is 0 Å². The fraction of sp³-hybridized carbons (Fsp3) is 0.417. The molecule has 0 saturated carbocycles. The summed E-state index contributed by atoms with van der Waals surface area (Å²) in [6.07, 6.45) is 0. The highest BCUT2D eigenvalue weighted by Crippen LogP contribution is 2.17. The molecule has 0 aliphatic rings. The molecule has 5 heteroatoms. The van der Waals surface area contributed by atoms with Crippen molar-refractivity contribution in [1.82, 2.24) is 5.32 Å². The van der Waals surface area contributed by atoms with E-state index >= 15 is 0 Å². The molecule has 0 atom stereocenters. The Balaban J connectivity index is 2.63. The summed E-state index contributed by atoms with van der Waals surface area (Å²) >= 11 is 0. The van der Waals surface area contributed by atoms with Gasteiger partial charge in [-0.25, -0.2) is 4.39 Å². The Hall–Kier alpha value is -1.62. The first kappa shape index (κ1) is 13.4. The summed E-state index contributed by atoms with van der Waals surface area (Å²) in [5.41, 5.74) is 6.45. The van der Waals surface area contributed by atoms with E-state index in [9.17, 15) is 9.18 Å². The first-order valence-electron chi connectivity index (χ1n) is 5.47. The second-order valence-electron chi connectivity index (χ2n) is 3.63. The zero-order valence-corrected chi connectivity index (χ0v) is 10.0. The van der Waals surface area contributed by atoms with Gasteiger partial charge in [0, 0.05) is 30.0 Å². The molecule has 1 aromatic rings. The number of nitrogen functional groups attached to an aromatic ring is 1. The largest absolute Gasteiger partial charge is 0.398 e. The molecule has 0 aromatic heterocycles. The summed E-state index contributed by atoms with van der Waals surface area (Å²) in [5.74, 6) is -0.824. The van der Waals surface area contributed by atoms with Crippen LogP contribution in [0.2, 0.25) is 0 Å². The minimum absolute atomic E-state index is 0.224.